The number of rotatable bonds is 8. The van der Waals surface area contributed by atoms with Crippen molar-refractivity contribution in [1.82, 2.24) is 15.3 Å². The van der Waals surface area contributed by atoms with Crippen molar-refractivity contribution in [1.29, 1.82) is 0 Å². The van der Waals surface area contributed by atoms with Crippen LogP contribution in [0, 0.1) is 20.8 Å². The maximum absolute atomic E-state index is 12.0. The van der Waals surface area contributed by atoms with Gasteiger partial charge in [0.1, 0.15) is 6.42 Å². The molecule has 0 aliphatic carbocycles. The van der Waals surface area contributed by atoms with E-state index >= 15 is 0 Å². The minimum absolute atomic E-state index is 0.255. The lowest BCUT2D eigenvalue weighted by molar-refractivity contribution is -0.129. The number of aromatic nitrogens is 1. The van der Waals surface area contributed by atoms with E-state index in [0.29, 0.717) is 6.54 Å². The van der Waals surface area contributed by atoms with E-state index in [0.717, 1.165) is 34.6 Å². The average Bonchev–Trinajstić information content (AvgIpc) is 3.03. The van der Waals surface area contributed by atoms with Gasteiger partial charge in [-0.05, 0) is 51.0 Å². The number of hydrogen-bond donors (Lipinski definition) is 2. The van der Waals surface area contributed by atoms with E-state index in [1.54, 1.807) is 6.21 Å². The molecule has 0 aliphatic rings. The van der Waals surface area contributed by atoms with Gasteiger partial charge >= 0.3 is 0 Å². The van der Waals surface area contributed by atoms with Gasteiger partial charge in [-0.25, -0.2) is 5.43 Å². The Labute approximate surface area is 183 Å². The smallest absolute Gasteiger partial charge is 0.249 e. The summed E-state index contributed by atoms with van der Waals surface area (Å²) in [5.74, 6) is -0.762. The third-order valence-corrected chi connectivity index (χ3v) is 5.06. The molecule has 0 spiro atoms. The Kier molecular flexibility index (Phi) is 7.38. The summed E-state index contributed by atoms with van der Waals surface area (Å²) in [6.45, 7) is 6.59. The SMILES string of the molecule is Cc1ccc(-n2c(C)cc(/C=N/NC(=O)CC(=O)NCCc3ccccc3)c2C)cc1. The lowest BCUT2D eigenvalue weighted by Gasteiger charge is -2.09. The first-order chi connectivity index (χ1) is 14.9. The highest BCUT2D eigenvalue weighted by Crippen LogP contribution is 2.20. The molecule has 2 amide bonds. The quantitative estimate of drug-likeness (QED) is 0.334. The average molecular weight is 417 g/mol. The number of benzene rings is 2. The molecular weight excluding hydrogens is 388 g/mol. The monoisotopic (exact) mass is 416 g/mol. The number of carbonyl (C=O) groups excluding carboxylic acids is 2. The number of nitrogens with one attached hydrogen (secondary N) is 2. The molecule has 1 aromatic heterocycles. The van der Waals surface area contributed by atoms with Gasteiger partial charge in [0.05, 0.1) is 6.21 Å². The third kappa shape index (κ3) is 6.15. The normalized spacial score (nSPS) is 10.9. The molecule has 0 saturated carbocycles. The highest BCUT2D eigenvalue weighted by molar-refractivity contribution is 5.97. The van der Waals surface area contributed by atoms with Gasteiger partial charge in [-0.1, -0.05) is 48.0 Å². The molecule has 0 aliphatic heterocycles. The second kappa shape index (κ2) is 10.4. The molecule has 2 N–H and O–H groups in total. The van der Waals surface area contributed by atoms with Crippen LogP contribution in [0.1, 0.15) is 34.5 Å². The van der Waals surface area contributed by atoms with Crippen LogP contribution in [0.25, 0.3) is 5.69 Å². The summed E-state index contributed by atoms with van der Waals surface area (Å²) >= 11 is 0. The Morgan fingerprint density at radius 2 is 1.68 bits per heavy atom. The Balaban J connectivity index is 1.50. The van der Waals surface area contributed by atoms with Crippen LogP contribution >= 0.6 is 0 Å². The molecule has 0 bridgehead atoms. The number of nitrogens with zero attached hydrogens (tertiary/aromatic N) is 2. The largest absolute Gasteiger partial charge is 0.355 e. The second-order valence-electron chi connectivity index (χ2n) is 7.55. The van der Waals surface area contributed by atoms with Crippen LogP contribution in [0.2, 0.25) is 0 Å². The van der Waals surface area contributed by atoms with E-state index in [4.69, 9.17) is 0 Å². The summed E-state index contributed by atoms with van der Waals surface area (Å²) in [6.07, 6.45) is 2.08. The van der Waals surface area contributed by atoms with Crippen LogP contribution in [-0.4, -0.2) is 29.1 Å². The fourth-order valence-electron chi connectivity index (χ4n) is 3.42. The maximum Gasteiger partial charge on any atom is 0.249 e. The summed E-state index contributed by atoms with van der Waals surface area (Å²) in [5, 5.41) is 6.78. The van der Waals surface area contributed by atoms with Crippen molar-refractivity contribution in [3.8, 4) is 5.69 Å². The molecule has 0 unspecified atom stereocenters. The van der Waals surface area contributed by atoms with Gasteiger partial charge in [0.15, 0.2) is 0 Å². The van der Waals surface area contributed by atoms with Gasteiger partial charge < -0.3 is 9.88 Å². The second-order valence-corrected chi connectivity index (χ2v) is 7.55. The fraction of sp³-hybridized carbons (Fsp3) is 0.240. The summed E-state index contributed by atoms with van der Waals surface area (Å²) < 4.78 is 2.14. The Morgan fingerprint density at radius 3 is 2.39 bits per heavy atom. The molecule has 0 atom stereocenters. The van der Waals surface area contributed by atoms with Crippen LogP contribution in [0.5, 0.6) is 0 Å². The Hall–Kier alpha value is -3.67. The zero-order valence-corrected chi connectivity index (χ0v) is 18.2. The van der Waals surface area contributed by atoms with Crippen molar-refractivity contribution < 1.29 is 9.59 Å². The van der Waals surface area contributed by atoms with Crippen molar-refractivity contribution >= 4 is 18.0 Å². The standard InChI is InChI=1S/C25H28N4O2/c1-18-9-11-23(12-10-18)29-19(2)15-22(20(29)3)17-27-28-25(31)16-24(30)26-14-13-21-7-5-4-6-8-21/h4-12,15,17H,13-14,16H2,1-3H3,(H,26,30)(H,28,31)/b27-17+. The van der Waals surface area contributed by atoms with Crippen LogP contribution in [0.15, 0.2) is 65.8 Å². The Bertz CT molecular complexity index is 1070. The molecule has 31 heavy (non-hydrogen) atoms. The van der Waals surface area contributed by atoms with E-state index in [1.807, 2.05) is 50.2 Å². The van der Waals surface area contributed by atoms with Gasteiger partial charge in [0.25, 0.3) is 0 Å². The maximum atomic E-state index is 12.0. The zero-order chi connectivity index (χ0) is 22.2. The first kappa shape index (κ1) is 22.0. The van der Waals surface area contributed by atoms with Gasteiger partial charge in [0.2, 0.25) is 11.8 Å². The van der Waals surface area contributed by atoms with Crippen molar-refractivity contribution in [2.24, 2.45) is 5.10 Å². The molecule has 0 radical (unpaired) electrons. The minimum Gasteiger partial charge on any atom is -0.355 e. The lowest BCUT2D eigenvalue weighted by atomic mass is 10.1. The first-order valence-corrected chi connectivity index (χ1v) is 10.3. The summed E-state index contributed by atoms with van der Waals surface area (Å²) in [4.78, 5) is 23.9. The minimum atomic E-state index is -0.444. The third-order valence-electron chi connectivity index (χ3n) is 5.06. The highest BCUT2D eigenvalue weighted by Gasteiger charge is 2.10. The molecule has 0 saturated heterocycles. The molecule has 2 aromatic carbocycles. The van der Waals surface area contributed by atoms with Gasteiger partial charge in [-0.3, -0.25) is 9.59 Å². The molecular formula is C25H28N4O2. The van der Waals surface area contributed by atoms with Gasteiger partial charge in [0, 0.05) is 29.2 Å². The molecule has 6 nitrogen and oxygen atoms in total. The van der Waals surface area contributed by atoms with Crippen LogP contribution in [-0.2, 0) is 16.0 Å². The fourth-order valence-corrected chi connectivity index (χ4v) is 3.42. The first-order valence-electron chi connectivity index (χ1n) is 10.3. The van der Waals surface area contributed by atoms with Gasteiger partial charge in [-0.15, -0.1) is 0 Å². The molecule has 6 heteroatoms. The van der Waals surface area contributed by atoms with Crippen molar-refractivity contribution in [2.75, 3.05) is 6.54 Å². The van der Waals surface area contributed by atoms with Crippen LogP contribution in [0.4, 0.5) is 0 Å². The summed E-state index contributed by atoms with van der Waals surface area (Å²) in [6, 6.07) is 20.2. The number of hydrogen-bond acceptors (Lipinski definition) is 3. The van der Waals surface area contributed by atoms with Crippen molar-refractivity contribution in [3.05, 3.63) is 88.7 Å². The molecule has 0 fully saturated rings. The van der Waals surface area contributed by atoms with Crippen LogP contribution < -0.4 is 10.7 Å². The summed E-state index contributed by atoms with van der Waals surface area (Å²) in [7, 11) is 0. The highest BCUT2D eigenvalue weighted by atomic mass is 16.2. The predicted octanol–water partition coefficient (Wildman–Crippen LogP) is 3.60. The van der Waals surface area contributed by atoms with E-state index in [1.165, 1.54) is 5.56 Å². The molecule has 1 heterocycles. The lowest BCUT2D eigenvalue weighted by Crippen LogP contribution is -2.31. The zero-order valence-electron chi connectivity index (χ0n) is 18.2. The van der Waals surface area contributed by atoms with E-state index in [9.17, 15) is 9.59 Å². The molecule has 3 aromatic rings. The topological polar surface area (TPSA) is 75.5 Å². The van der Waals surface area contributed by atoms with Crippen molar-refractivity contribution in [3.63, 3.8) is 0 Å². The van der Waals surface area contributed by atoms with Gasteiger partial charge in [-0.2, -0.15) is 5.10 Å². The number of amides is 2. The Morgan fingerprint density at radius 1 is 0.968 bits per heavy atom. The number of aryl methyl sites for hydroxylation is 2. The van der Waals surface area contributed by atoms with E-state index in [-0.39, 0.29) is 12.3 Å². The predicted molar refractivity (Wildman–Crippen MR) is 123 cm³/mol. The van der Waals surface area contributed by atoms with E-state index < -0.39 is 5.91 Å². The summed E-state index contributed by atoms with van der Waals surface area (Å²) in [5.41, 5.74) is 8.87. The molecule has 3 rings (SSSR count). The number of carbonyl (C=O) groups is 2. The van der Waals surface area contributed by atoms with Crippen molar-refractivity contribution in [2.45, 2.75) is 33.6 Å². The van der Waals surface area contributed by atoms with E-state index in [2.05, 4.69) is 51.6 Å². The number of hydrazone groups is 1. The molecule has 160 valence electrons. The van der Waals surface area contributed by atoms with Crippen LogP contribution in [0.3, 0.4) is 0 Å².